The van der Waals surface area contributed by atoms with Crippen LogP contribution in [0.25, 0.3) is 0 Å². The van der Waals surface area contributed by atoms with Crippen molar-refractivity contribution in [2.45, 2.75) is 32.0 Å². The van der Waals surface area contributed by atoms with Gasteiger partial charge in [0.05, 0.1) is 24.9 Å². The fraction of sp³-hybridized carbons (Fsp3) is 0.474. The Labute approximate surface area is 147 Å². The third-order valence-electron chi connectivity index (χ3n) is 5.13. The summed E-state index contributed by atoms with van der Waals surface area (Å²) < 4.78 is 5.95. The minimum atomic E-state index is 0.0184. The van der Waals surface area contributed by atoms with E-state index in [9.17, 15) is 4.79 Å². The molecule has 4 rings (SSSR count). The van der Waals surface area contributed by atoms with Gasteiger partial charge >= 0.3 is 0 Å². The van der Waals surface area contributed by atoms with Crippen molar-refractivity contribution in [3.63, 3.8) is 0 Å². The number of nitrogens with zero attached hydrogens (tertiary/aromatic N) is 3. The number of amides is 1. The molecule has 2 aliphatic rings. The van der Waals surface area contributed by atoms with Crippen LogP contribution in [0.2, 0.25) is 0 Å². The number of nitrogens with one attached hydrogen (secondary N) is 1. The Balaban J connectivity index is 1.46. The van der Waals surface area contributed by atoms with Gasteiger partial charge in [-0.15, -0.1) is 0 Å². The summed E-state index contributed by atoms with van der Waals surface area (Å²) in [6, 6.07) is 10.7. The number of carbonyl (C=O) groups excluding carboxylic acids is 1. The highest BCUT2D eigenvalue weighted by atomic mass is 16.5. The normalized spacial score (nSPS) is 23.6. The smallest absolute Gasteiger partial charge is 0.272 e. The minimum Gasteiger partial charge on any atom is -0.373 e. The molecule has 0 radical (unpaired) electrons. The number of fused-ring (bicyclic) bond motifs is 1. The Morgan fingerprint density at radius 3 is 2.92 bits per heavy atom. The van der Waals surface area contributed by atoms with Crippen LogP contribution in [0.1, 0.15) is 28.8 Å². The summed E-state index contributed by atoms with van der Waals surface area (Å²) in [7, 11) is 0. The predicted molar refractivity (Wildman–Crippen MR) is 94.2 cm³/mol. The molecule has 1 aromatic heterocycles. The Kier molecular flexibility index (Phi) is 4.55. The number of aromatic nitrogens is 2. The maximum atomic E-state index is 12.8. The Morgan fingerprint density at radius 2 is 2.16 bits per heavy atom. The first kappa shape index (κ1) is 16.3. The second-order valence-corrected chi connectivity index (χ2v) is 6.74. The van der Waals surface area contributed by atoms with Crippen molar-refractivity contribution in [3.8, 4) is 0 Å². The Hall–Kier alpha value is -2.18. The monoisotopic (exact) mass is 340 g/mol. The Morgan fingerprint density at radius 1 is 1.32 bits per heavy atom. The van der Waals surface area contributed by atoms with E-state index in [4.69, 9.17) is 4.74 Å². The molecule has 2 aliphatic heterocycles. The van der Waals surface area contributed by atoms with Gasteiger partial charge in [0.1, 0.15) is 11.5 Å². The molecule has 1 aromatic carbocycles. The SMILES string of the molecule is CCc1ncc(C(=O)N2C[C@@H]3[C@@H](C2)OCCN3Cc2ccccc2)[nH]1. The summed E-state index contributed by atoms with van der Waals surface area (Å²) in [5.41, 5.74) is 1.87. The lowest BCUT2D eigenvalue weighted by Crippen LogP contribution is -2.50. The molecule has 2 atom stereocenters. The summed E-state index contributed by atoms with van der Waals surface area (Å²) in [6.45, 7) is 5.90. The van der Waals surface area contributed by atoms with E-state index in [1.807, 2.05) is 17.9 Å². The number of hydrogen-bond donors (Lipinski definition) is 1. The van der Waals surface area contributed by atoms with Crippen LogP contribution in [0.5, 0.6) is 0 Å². The topological polar surface area (TPSA) is 61.5 Å². The van der Waals surface area contributed by atoms with E-state index in [0.717, 1.165) is 31.9 Å². The maximum Gasteiger partial charge on any atom is 0.272 e. The third-order valence-corrected chi connectivity index (χ3v) is 5.13. The average molecular weight is 340 g/mol. The van der Waals surface area contributed by atoms with Crippen molar-refractivity contribution in [3.05, 3.63) is 53.6 Å². The number of ether oxygens (including phenoxy) is 1. The van der Waals surface area contributed by atoms with Crippen LogP contribution in [0.4, 0.5) is 0 Å². The van der Waals surface area contributed by atoms with Gasteiger partial charge in [0, 0.05) is 32.6 Å². The van der Waals surface area contributed by atoms with Gasteiger partial charge in [-0.2, -0.15) is 0 Å². The number of H-pyrrole nitrogens is 1. The predicted octanol–water partition coefficient (Wildman–Crippen LogP) is 1.70. The van der Waals surface area contributed by atoms with E-state index in [-0.39, 0.29) is 18.1 Å². The molecule has 1 N–H and O–H groups in total. The van der Waals surface area contributed by atoms with Gasteiger partial charge in [-0.3, -0.25) is 9.69 Å². The number of aromatic amines is 1. The molecule has 1 amide bonds. The third kappa shape index (κ3) is 3.32. The van der Waals surface area contributed by atoms with Crippen LogP contribution >= 0.6 is 0 Å². The zero-order valence-electron chi connectivity index (χ0n) is 14.5. The zero-order chi connectivity index (χ0) is 17.2. The van der Waals surface area contributed by atoms with Crippen LogP contribution < -0.4 is 0 Å². The van der Waals surface area contributed by atoms with Crippen molar-refractivity contribution in [2.75, 3.05) is 26.2 Å². The number of rotatable bonds is 4. The summed E-state index contributed by atoms with van der Waals surface area (Å²) >= 11 is 0. The largest absolute Gasteiger partial charge is 0.373 e. The number of likely N-dealkylation sites (tertiary alicyclic amines) is 1. The lowest BCUT2D eigenvalue weighted by Gasteiger charge is -2.36. The van der Waals surface area contributed by atoms with Gasteiger partial charge in [-0.05, 0) is 5.56 Å². The lowest BCUT2D eigenvalue weighted by molar-refractivity contribution is -0.0503. The second-order valence-electron chi connectivity index (χ2n) is 6.74. The molecule has 0 saturated carbocycles. The van der Waals surface area contributed by atoms with Crippen LogP contribution in [0, 0.1) is 0 Å². The number of aryl methyl sites for hydroxylation is 1. The van der Waals surface area contributed by atoms with E-state index in [2.05, 4.69) is 39.1 Å². The van der Waals surface area contributed by atoms with Gasteiger partial charge in [0.25, 0.3) is 5.91 Å². The van der Waals surface area contributed by atoms with Gasteiger partial charge in [0.15, 0.2) is 0 Å². The van der Waals surface area contributed by atoms with E-state index in [1.165, 1.54) is 5.56 Å². The van der Waals surface area contributed by atoms with Crippen LogP contribution in [0.3, 0.4) is 0 Å². The molecule has 3 heterocycles. The first-order valence-electron chi connectivity index (χ1n) is 8.97. The second kappa shape index (κ2) is 6.98. The standard InChI is InChI=1S/C19H24N4O2/c1-2-18-20-10-15(21-18)19(24)23-12-16-17(13-23)25-9-8-22(16)11-14-6-4-3-5-7-14/h3-7,10,16-17H,2,8-9,11-13H2,1H3,(H,20,21)/t16-,17-/m1/s1. The number of morpholine rings is 1. The molecule has 0 bridgehead atoms. The van der Waals surface area contributed by atoms with Crippen LogP contribution in [0.15, 0.2) is 36.5 Å². The van der Waals surface area contributed by atoms with Gasteiger partial charge in [-0.25, -0.2) is 4.98 Å². The summed E-state index contributed by atoms with van der Waals surface area (Å²) in [5, 5.41) is 0. The van der Waals surface area contributed by atoms with Crippen molar-refractivity contribution in [1.29, 1.82) is 0 Å². The fourth-order valence-electron chi connectivity index (χ4n) is 3.76. The first-order chi connectivity index (χ1) is 12.2. The minimum absolute atomic E-state index is 0.0184. The highest BCUT2D eigenvalue weighted by Crippen LogP contribution is 2.25. The zero-order valence-corrected chi connectivity index (χ0v) is 14.5. The molecule has 25 heavy (non-hydrogen) atoms. The van der Waals surface area contributed by atoms with Gasteiger partial charge in [-0.1, -0.05) is 37.3 Å². The van der Waals surface area contributed by atoms with Crippen LogP contribution in [-0.4, -0.2) is 64.1 Å². The van der Waals surface area contributed by atoms with E-state index in [1.54, 1.807) is 6.20 Å². The molecule has 0 aliphatic carbocycles. The molecular formula is C19H24N4O2. The average Bonchev–Trinajstić information content (AvgIpc) is 3.29. The molecule has 6 nitrogen and oxygen atoms in total. The molecule has 0 spiro atoms. The highest BCUT2D eigenvalue weighted by molar-refractivity contribution is 5.92. The summed E-state index contributed by atoms with van der Waals surface area (Å²) in [6.07, 6.45) is 2.54. The molecule has 2 saturated heterocycles. The molecule has 2 aromatic rings. The molecule has 6 heteroatoms. The number of carbonyl (C=O) groups is 1. The van der Waals surface area contributed by atoms with Crippen molar-refractivity contribution < 1.29 is 9.53 Å². The molecule has 2 fully saturated rings. The number of hydrogen-bond acceptors (Lipinski definition) is 4. The fourth-order valence-corrected chi connectivity index (χ4v) is 3.76. The van der Waals surface area contributed by atoms with E-state index in [0.29, 0.717) is 18.8 Å². The van der Waals surface area contributed by atoms with Gasteiger partial charge in [0.2, 0.25) is 0 Å². The first-order valence-corrected chi connectivity index (χ1v) is 8.97. The lowest BCUT2D eigenvalue weighted by atomic mass is 10.1. The highest BCUT2D eigenvalue weighted by Gasteiger charge is 2.42. The van der Waals surface area contributed by atoms with E-state index >= 15 is 0 Å². The van der Waals surface area contributed by atoms with Crippen molar-refractivity contribution in [2.24, 2.45) is 0 Å². The quantitative estimate of drug-likeness (QED) is 0.920. The molecule has 0 unspecified atom stereocenters. The van der Waals surface area contributed by atoms with Gasteiger partial charge < -0.3 is 14.6 Å². The summed E-state index contributed by atoms with van der Waals surface area (Å²) in [4.78, 5) is 24.5. The number of imidazole rings is 1. The van der Waals surface area contributed by atoms with E-state index < -0.39 is 0 Å². The van der Waals surface area contributed by atoms with Crippen molar-refractivity contribution >= 4 is 5.91 Å². The van der Waals surface area contributed by atoms with Crippen LogP contribution in [-0.2, 0) is 17.7 Å². The molecular weight excluding hydrogens is 316 g/mol. The number of benzene rings is 1. The Bertz CT molecular complexity index is 730. The molecule has 132 valence electrons. The summed E-state index contributed by atoms with van der Waals surface area (Å²) in [5.74, 6) is 0.867. The maximum absolute atomic E-state index is 12.8. The van der Waals surface area contributed by atoms with Crippen molar-refractivity contribution in [1.82, 2.24) is 19.8 Å².